The van der Waals surface area contributed by atoms with Crippen LogP contribution < -0.4 is 0 Å². The van der Waals surface area contributed by atoms with Gasteiger partial charge in [0.05, 0.1) is 11.1 Å². The minimum absolute atomic E-state index is 0.00171. The number of para-hydroxylation sites is 1. The predicted octanol–water partition coefficient (Wildman–Crippen LogP) is 2.64. The van der Waals surface area contributed by atoms with Crippen molar-refractivity contribution in [1.29, 1.82) is 0 Å². The molecular weight excluding hydrogens is 210 g/mol. The number of hydrogen-bond donors (Lipinski definition) is 1. The molecule has 2 rings (SSSR count). The molecule has 0 saturated heterocycles. The van der Waals surface area contributed by atoms with Crippen LogP contribution in [-0.2, 0) is 0 Å². The Hall–Kier alpha value is -1.68. The number of carbonyl (C=O) groups excluding carboxylic acids is 1. The van der Waals surface area contributed by atoms with E-state index in [-0.39, 0.29) is 5.75 Å². The van der Waals surface area contributed by atoms with Crippen molar-refractivity contribution in [3.05, 3.63) is 34.8 Å². The van der Waals surface area contributed by atoms with Gasteiger partial charge in [0.2, 0.25) is 0 Å². The Balaban J connectivity index is 2.58. The van der Waals surface area contributed by atoms with Gasteiger partial charge in [0.25, 0.3) is 0 Å². The maximum Gasteiger partial charge on any atom is 0.153 e. The van der Waals surface area contributed by atoms with Gasteiger partial charge in [-0.15, -0.1) is 11.3 Å². The van der Waals surface area contributed by atoms with E-state index in [0.29, 0.717) is 17.4 Å². The lowest BCUT2D eigenvalue weighted by molar-refractivity contribution is 0.112. The third-order valence-electron chi connectivity index (χ3n) is 2.04. The van der Waals surface area contributed by atoms with Crippen LogP contribution in [0.5, 0.6) is 5.75 Å². The van der Waals surface area contributed by atoms with Crippen LogP contribution in [0.4, 0.5) is 0 Å². The molecule has 2 aromatic rings. The first-order chi connectivity index (χ1) is 7.22. The number of phenolic OH excluding ortho intramolecular Hbond substituents is 1. The van der Waals surface area contributed by atoms with Gasteiger partial charge in [-0.1, -0.05) is 6.07 Å². The minimum Gasteiger partial charge on any atom is -0.506 e. The molecule has 0 fully saturated rings. The summed E-state index contributed by atoms with van der Waals surface area (Å²) in [6.45, 7) is 1.89. The lowest BCUT2D eigenvalue weighted by Gasteiger charge is -2.02. The van der Waals surface area contributed by atoms with Crippen LogP contribution in [0.25, 0.3) is 10.6 Å². The molecular formula is C11H9NO2S. The standard InChI is InChI=1S/C11H9NO2S/c1-7-6-15-11(12-7)9-4-2-3-8(5-13)10(9)14/h2-6,14H,1H3. The van der Waals surface area contributed by atoms with Crippen LogP contribution in [0.3, 0.4) is 0 Å². The monoisotopic (exact) mass is 219 g/mol. The number of aromatic nitrogens is 1. The van der Waals surface area contributed by atoms with E-state index < -0.39 is 0 Å². The Kier molecular flexibility index (Phi) is 2.51. The molecule has 4 heteroatoms. The molecule has 0 aliphatic heterocycles. The van der Waals surface area contributed by atoms with Crippen LogP contribution >= 0.6 is 11.3 Å². The van der Waals surface area contributed by atoms with Crippen molar-refractivity contribution >= 4 is 17.6 Å². The molecule has 1 heterocycles. The minimum atomic E-state index is 0.00171. The average molecular weight is 219 g/mol. The molecule has 1 aromatic carbocycles. The summed E-state index contributed by atoms with van der Waals surface area (Å²) in [6, 6.07) is 5.06. The number of aryl methyl sites for hydroxylation is 1. The van der Waals surface area contributed by atoms with Gasteiger partial charge in [0.15, 0.2) is 6.29 Å². The SMILES string of the molecule is Cc1csc(-c2cccc(C=O)c2O)n1. The van der Waals surface area contributed by atoms with Gasteiger partial charge in [-0.05, 0) is 19.1 Å². The zero-order valence-corrected chi connectivity index (χ0v) is 8.91. The fourth-order valence-electron chi connectivity index (χ4n) is 1.31. The van der Waals surface area contributed by atoms with Gasteiger partial charge in [-0.2, -0.15) is 0 Å². The summed E-state index contributed by atoms with van der Waals surface area (Å²) in [5, 5.41) is 12.4. The van der Waals surface area contributed by atoms with Crippen molar-refractivity contribution in [1.82, 2.24) is 4.98 Å². The fourth-order valence-corrected chi connectivity index (χ4v) is 2.13. The van der Waals surface area contributed by atoms with Gasteiger partial charge in [-0.3, -0.25) is 4.79 Å². The van der Waals surface area contributed by atoms with Gasteiger partial charge in [0, 0.05) is 11.1 Å². The molecule has 3 nitrogen and oxygen atoms in total. The average Bonchev–Trinajstić information content (AvgIpc) is 2.65. The Labute approximate surface area is 91.0 Å². The molecule has 15 heavy (non-hydrogen) atoms. The molecule has 0 atom stereocenters. The van der Waals surface area contributed by atoms with Crippen LogP contribution in [0.15, 0.2) is 23.6 Å². The Morgan fingerprint density at radius 3 is 2.87 bits per heavy atom. The summed E-state index contributed by atoms with van der Waals surface area (Å²) in [5.41, 5.74) is 1.81. The second kappa shape index (κ2) is 3.82. The Bertz CT molecular complexity index is 505. The molecule has 1 aromatic heterocycles. The third kappa shape index (κ3) is 1.76. The van der Waals surface area contributed by atoms with E-state index in [9.17, 15) is 9.90 Å². The van der Waals surface area contributed by atoms with Crippen LogP contribution in [0.1, 0.15) is 16.1 Å². The topological polar surface area (TPSA) is 50.2 Å². The highest BCUT2D eigenvalue weighted by Crippen LogP contribution is 2.33. The van der Waals surface area contributed by atoms with Crippen LogP contribution in [0.2, 0.25) is 0 Å². The van der Waals surface area contributed by atoms with E-state index in [1.165, 1.54) is 11.3 Å². The maximum atomic E-state index is 10.6. The molecule has 0 aliphatic carbocycles. The first-order valence-corrected chi connectivity index (χ1v) is 5.30. The second-order valence-corrected chi connectivity index (χ2v) is 4.01. The van der Waals surface area contributed by atoms with E-state index in [4.69, 9.17) is 0 Å². The number of nitrogens with zero attached hydrogens (tertiary/aromatic N) is 1. The second-order valence-electron chi connectivity index (χ2n) is 3.16. The van der Waals surface area contributed by atoms with E-state index in [1.807, 2.05) is 12.3 Å². The van der Waals surface area contributed by atoms with Crippen molar-refractivity contribution in [3.8, 4) is 16.3 Å². The molecule has 0 radical (unpaired) electrons. The van der Waals surface area contributed by atoms with Crippen molar-refractivity contribution in [2.75, 3.05) is 0 Å². The number of phenols is 1. The largest absolute Gasteiger partial charge is 0.506 e. The molecule has 76 valence electrons. The fraction of sp³-hybridized carbons (Fsp3) is 0.0909. The quantitative estimate of drug-likeness (QED) is 0.790. The summed E-state index contributed by atoms with van der Waals surface area (Å²) in [5.74, 6) is 0.00171. The molecule has 0 unspecified atom stereocenters. The molecule has 0 aliphatic rings. The highest BCUT2D eigenvalue weighted by atomic mass is 32.1. The first-order valence-electron chi connectivity index (χ1n) is 4.42. The van der Waals surface area contributed by atoms with Crippen molar-refractivity contribution in [2.24, 2.45) is 0 Å². The number of hydrogen-bond acceptors (Lipinski definition) is 4. The summed E-state index contributed by atoms with van der Waals surface area (Å²) < 4.78 is 0. The summed E-state index contributed by atoms with van der Waals surface area (Å²) in [4.78, 5) is 14.9. The number of carbonyl (C=O) groups is 1. The lowest BCUT2D eigenvalue weighted by atomic mass is 10.1. The normalized spacial score (nSPS) is 10.2. The highest BCUT2D eigenvalue weighted by molar-refractivity contribution is 7.13. The predicted molar refractivity (Wildman–Crippen MR) is 59.3 cm³/mol. The summed E-state index contributed by atoms with van der Waals surface area (Å²) >= 11 is 1.45. The molecule has 0 saturated carbocycles. The summed E-state index contributed by atoms with van der Waals surface area (Å²) in [6.07, 6.45) is 0.638. The van der Waals surface area contributed by atoms with Crippen LogP contribution in [-0.4, -0.2) is 16.4 Å². The van der Waals surface area contributed by atoms with E-state index in [1.54, 1.807) is 18.2 Å². The lowest BCUT2D eigenvalue weighted by Crippen LogP contribution is -1.85. The Morgan fingerprint density at radius 1 is 1.47 bits per heavy atom. The van der Waals surface area contributed by atoms with Gasteiger partial charge in [-0.25, -0.2) is 4.98 Å². The molecule has 0 spiro atoms. The molecule has 0 bridgehead atoms. The Morgan fingerprint density at radius 2 is 2.27 bits per heavy atom. The number of rotatable bonds is 2. The van der Waals surface area contributed by atoms with Crippen LogP contribution in [0, 0.1) is 6.92 Å². The molecule has 0 amide bonds. The smallest absolute Gasteiger partial charge is 0.153 e. The number of benzene rings is 1. The highest BCUT2D eigenvalue weighted by Gasteiger charge is 2.10. The zero-order chi connectivity index (χ0) is 10.8. The summed E-state index contributed by atoms with van der Waals surface area (Å²) in [7, 11) is 0. The van der Waals surface area contributed by atoms with E-state index in [0.717, 1.165) is 10.7 Å². The van der Waals surface area contributed by atoms with Gasteiger partial charge < -0.3 is 5.11 Å². The number of aromatic hydroxyl groups is 1. The maximum absolute atomic E-state index is 10.6. The van der Waals surface area contributed by atoms with E-state index >= 15 is 0 Å². The van der Waals surface area contributed by atoms with Crippen molar-refractivity contribution in [2.45, 2.75) is 6.92 Å². The zero-order valence-electron chi connectivity index (χ0n) is 8.10. The third-order valence-corrected chi connectivity index (χ3v) is 3.04. The first kappa shape index (κ1) is 9.86. The van der Waals surface area contributed by atoms with E-state index in [2.05, 4.69) is 4.98 Å². The van der Waals surface area contributed by atoms with Gasteiger partial charge in [0.1, 0.15) is 10.8 Å². The van der Waals surface area contributed by atoms with Gasteiger partial charge >= 0.3 is 0 Å². The number of thiazole rings is 1. The van der Waals surface area contributed by atoms with Crippen molar-refractivity contribution in [3.63, 3.8) is 0 Å². The van der Waals surface area contributed by atoms with Crippen molar-refractivity contribution < 1.29 is 9.90 Å². The number of aldehydes is 1. The molecule has 1 N–H and O–H groups in total.